The molecule has 0 aliphatic heterocycles. The Labute approximate surface area is 119 Å². The van der Waals surface area contributed by atoms with Crippen LogP contribution in [0.2, 0.25) is 0 Å². The highest BCUT2D eigenvalue weighted by Gasteiger charge is 2.22. The molecule has 2 N–H and O–H groups in total. The zero-order chi connectivity index (χ0) is 15.6. The first-order valence-corrected chi connectivity index (χ1v) is 7.39. The number of aryl methyl sites for hydroxylation is 1. The fourth-order valence-corrected chi connectivity index (χ4v) is 2.38. The molecular weight excluding hydrogens is 306 g/mol. The quantitative estimate of drug-likeness (QED) is 0.879. The molecule has 0 saturated heterocycles. The Kier molecular flexibility index (Phi) is 4.19. The molecule has 0 radical (unpaired) electrons. The third kappa shape index (κ3) is 3.34. The van der Waals surface area contributed by atoms with Gasteiger partial charge in [-0.1, -0.05) is 0 Å². The van der Waals surface area contributed by atoms with E-state index in [9.17, 15) is 17.2 Å². The summed E-state index contributed by atoms with van der Waals surface area (Å²) in [6.07, 6.45) is 1.28. The molecule has 0 fully saturated rings. The number of nitrogens with two attached hydrogens (primary N) is 1. The summed E-state index contributed by atoms with van der Waals surface area (Å²) in [7, 11) is -4.33. The molecule has 0 bridgehead atoms. The van der Waals surface area contributed by atoms with Gasteiger partial charge in [-0.15, -0.1) is 0 Å². The van der Waals surface area contributed by atoms with Crippen LogP contribution in [0.1, 0.15) is 12.7 Å². The molecule has 0 amide bonds. The summed E-state index contributed by atoms with van der Waals surface area (Å²) in [5.41, 5.74) is 0. The van der Waals surface area contributed by atoms with E-state index in [1.54, 1.807) is 0 Å². The van der Waals surface area contributed by atoms with Crippen molar-refractivity contribution in [3.05, 3.63) is 35.9 Å². The van der Waals surface area contributed by atoms with Gasteiger partial charge in [0.05, 0.1) is 0 Å². The predicted octanol–water partition coefficient (Wildman–Crippen LogP) is 0.803. The molecule has 0 unspecified atom stereocenters. The lowest BCUT2D eigenvalue weighted by Gasteiger charge is -2.11. The van der Waals surface area contributed by atoms with Gasteiger partial charge in [-0.25, -0.2) is 32.0 Å². The molecule has 10 heteroatoms. The number of nitrogens with zero attached hydrogens (tertiary/aromatic N) is 3. The minimum absolute atomic E-state index is 0.237. The van der Waals surface area contributed by atoms with Crippen molar-refractivity contribution in [1.82, 2.24) is 14.8 Å². The second-order valence-corrected chi connectivity index (χ2v) is 5.57. The smallest absolute Gasteiger partial charge is 0.241 e. The van der Waals surface area contributed by atoms with E-state index in [2.05, 4.69) is 10.1 Å². The molecule has 2 rings (SSSR count). The molecule has 0 spiro atoms. The lowest BCUT2D eigenvalue weighted by Crippen LogP contribution is -2.16. The normalized spacial score (nSPS) is 11.6. The Hall–Kier alpha value is -2.07. The fraction of sp³-hybridized carbons (Fsp3) is 0.273. The third-order valence-electron chi connectivity index (χ3n) is 2.62. The number of hydrogen-bond donors (Lipinski definition) is 1. The standard InChI is InChI=1S/C11H12F2N4O3S/c1-2-17-10(15-6-16-17)5-20-11-8(13)3-7(12)4-9(11)21(14,18)19/h3-4,6H,2,5H2,1H3,(H2,14,18,19). The maximum absolute atomic E-state index is 13.7. The topological polar surface area (TPSA) is 100 Å². The average molecular weight is 318 g/mol. The Morgan fingerprint density at radius 2 is 2.10 bits per heavy atom. The molecule has 1 aromatic carbocycles. The number of rotatable bonds is 5. The van der Waals surface area contributed by atoms with Crippen LogP contribution in [0.4, 0.5) is 8.78 Å². The Morgan fingerprint density at radius 1 is 1.38 bits per heavy atom. The fourth-order valence-electron chi connectivity index (χ4n) is 1.69. The molecule has 1 aromatic heterocycles. The highest BCUT2D eigenvalue weighted by molar-refractivity contribution is 7.89. The molecule has 2 aromatic rings. The Morgan fingerprint density at radius 3 is 2.71 bits per heavy atom. The van der Waals surface area contributed by atoms with Crippen molar-refractivity contribution in [2.24, 2.45) is 5.14 Å². The molecular formula is C11H12F2N4O3S. The second-order valence-electron chi connectivity index (χ2n) is 4.04. The van der Waals surface area contributed by atoms with Crippen LogP contribution >= 0.6 is 0 Å². The first kappa shape index (κ1) is 15.3. The minimum atomic E-state index is -4.33. The second kappa shape index (κ2) is 5.74. The van der Waals surface area contributed by atoms with Gasteiger partial charge in [-0.05, 0) is 13.0 Å². The zero-order valence-electron chi connectivity index (χ0n) is 11.0. The number of hydrogen-bond acceptors (Lipinski definition) is 5. The number of sulfonamides is 1. The number of aromatic nitrogens is 3. The van der Waals surface area contributed by atoms with Gasteiger partial charge in [0.25, 0.3) is 0 Å². The third-order valence-corrected chi connectivity index (χ3v) is 3.54. The maximum atomic E-state index is 13.7. The van der Waals surface area contributed by atoms with Crippen LogP contribution in [0, 0.1) is 11.6 Å². The molecule has 1 heterocycles. The van der Waals surface area contributed by atoms with Crippen molar-refractivity contribution in [3.63, 3.8) is 0 Å². The minimum Gasteiger partial charge on any atom is -0.481 e. The number of benzene rings is 1. The van der Waals surface area contributed by atoms with Crippen molar-refractivity contribution >= 4 is 10.0 Å². The van der Waals surface area contributed by atoms with Crippen molar-refractivity contribution in [1.29, 1.82) is 0 Å². The first-order chi connectivity index (χ1) is 9.82. The van der Waals surface area contributed by atoms with Crippen molar-refractivity contribution < 1.29 is 21.9 Å². The van der Waals surface area contributed by atoms with Crippen LogP contribution in [0.25, 0.3) is 0 Å². The van der Waals surface area contributed by atoms with Gasteiger partial charge in [-0.2, -0.15) is 5.10 Å². The highest BCUT2D eigenvalue weighted by Crippen LogP contribution is 2.28. The van der Waals surface area contributed by atoms with Gasteiger partial charge in [0.15, 0.2) is 17.4 Å². The summed E-state index contributed by atoms with van der Waals surface area (Å²) in [6, 6.07) is 1.10. The zero-order valence-corrected chi connectivity index (χ0v) is 11.8. The van der Waals surface area contributed by atoms with E-state index in [4.69, 9.17) is 9.88 Å². The van der Waals surface area contributed by atoms with E-state index >= 15 is 0 Å². The van der Waals surface area contributed by atoms with Gasteiger partial charge in [-0.3, -0.25) is 0 Å². The summed E-state index contributed by atoms with van der Waals surface area (Å²) in [6.45, 7) is 2.08. The molecule has 0 atom stereocenters. The molecule has 7 nitrogen and oxygen atoms in total. The van der Waals surface area contributed by atoms with Crippen LogP contribution in [-0.2, 0) is 23.2 Å². The van der Waals surface area contributed by atoms with Gasteiger partial charge in [0, 0.05) is 12.6 Å². The van der Waals surface area contributed by atoms with Gasteiger partial charge < -0.3 is 4.74 Å². The summed E-state index contributed by atoms with van der Waals surface area (Å²) in [4.78, 5) is 3.13. The molecule has 0 saturated carbocycles. The number of halogens is 2. The van der Waals surface area contributed by atoms with Gasteiger partial charge >= 0.3 is 0 Å². The van der Waals surface area contributed by atoms with Crippen molar-refractivity contribution in [2.75, 3.05) is 0 Å². The van der Waals surface area contributed by atoms with E-state index in [0.29, 0.717) is 24.5 Å². The van der Waals surface area contributed by atoms with Crippen LogP contribution in [0.15, 0.2) is 23.4 Å². The van der Waals surface area contributed by atoms with Crippen LogP contribution in [0.5, 0.6) is 5.75 Å². The Balaban J connectivity index is 2.36. The predicted molar refractivity (Wildman–Crippen MR) is 67.8 cm³/mol. The highest BCUT2D eigenvalue weighted by atomic mass is 32.2. The first-order valence-electron chi connectivity index (χ1n) is 5.84. The summed E-state index contributed by atoms with van der Waals surface area (Å²) < 4.78 is 56.2. The lowest BCUT2D eigenvalue weighted by atomic mass is 10.3. The molecule has 0 aliphatic rings. The Bertz CT molecular complexity index is 761. The van der Waals surface area contributed by atoms with Crippen LogP contribution in [-0.4, -0.2) is 23.2 Å². The molecule has 0 aliphatic carbocycles. The molecule has 114 valence electrons. The van der Waals surface area contributed by atoms with E-state index in [0.717, 1.165) is 0 Å². The van der Waals surface area contributed by atoms with Crippen molar-refractivity contribution in [2.45, 2.75) is 25.0 Å². The lowest BCUT2D eigenvalue weighted by molar-refractivity contribution is 0.264. The summed E-state index contributed by atoms with van der Waals surface area (Å²) in [5.74, 6) is -2.52. The van der Waals surface area contributed by atoms with E-state index in [1.165, 1.54) is 11.0 Å². The van der Waals surface area contributed by atoms with Gasteiger partial charge in [0.2, 0.25) is 10.0 Å². The number of ether oxygens (including phenoxy) is 1. The van der Waals surface area contributed by atoms with Crippen LogP contribution in [0.3, 0.4) is 0 Å². The largest absolute Gasteiger partial charge is 0.481 e. The summed E-state index contributed by atoms with van der Waals surface area (Å²) >= 11 is 0. The van der Waals surface area contributed by atoms with Crippen LogP contribution < -0.4 is 9.88 Å². The summed E-state index contributed by atoms with van der Waals surface area (Å²) in [5, 5.41) is 8.81. The van der Waals surface area contributed by atoms with E-state index < -0.39 is 32.3 Å². The maximum Gasteiger partial charge on any atom is 0.241 e. The average Bonchev–Trinajstić information content (AvgIpc) is 2.83. The van der Waals surface area contributed by atoms with E-state index in [1.807, 2.05) is 6.92 Å². The number of primary sulfonamides is 1. The monoisotopic (exact) mass is 318 g/mol. The van der Waals surface area contributed by atoms with E-state index in [-0.39, 0.29) is 6.61 Å². The molecule has 21 heavy (non-hydrogen) atoms. The van der Waals surface area contributed by atoms with Gasteiger partial charge in [0.1, 0.15) is 23.6 Å². The van der Waals surface area contributed by atoms with Crippen molar-refractivity contribution in [3.8, 4) is 5.75 Å². The SMILES string of the molecule is CCn1ncnc1COc1c(F)cc(F)cc1S(N)(=O)=O.